The van der Waals surface area contributed by atoms with Gasteiger partial charge in [-0.3, -0.25) is 4.79 Å². The Morgan fingerprint density at radius 3 is 2.90 bits per heavy atom. The molecule has 1 N–H and O–H groups in total. The minimum absolute atomic E-state index is 0.0325. The van der Waals surface area contributed by atoms with Crippen molar-refractivity contribution in [3.8, 4) is 5.75 Å². The number of rotatable bonds is 2. The summed E-state index contributed by atoms with van der Waals surface area (Å²) in [5, 5.41) is 3.60. The highest BCUT2D eigenvalue weighted by Crippen LogP contribution is 2.28. The molecule has 0 saturated carbocycles. The highest BCUT2D eigenvalue weighted by molar-refractivity contribution is 6.31. The van der Waals surface area contributed by atoms with E-state index in [1.807, 2.05) is 49.4 Å². The number of hydrogen-bond donors (Lipinski definition) is 1. The molecule has 0 fully saturated rings. The van der Waals surface area contributed by atoms with Gasteiger partial charge in [0.15, 0.2) is 0 Å². The van der Waals surface area contributed by atoms with E-state index in [1.54, 1.807) is 0 Å². The monoisotopic (exact) mass is 301 g/mol. The van der Waals surface area contributed by atoms with Crippen LogP contribution in [0.15, 0.2) is 42.5 Å². The largest absolute Gasteiger partial charge is 0.492 e. The van der Waals surface area contributed by atoms with E-state index >= 15 is 0 Å². The average molecular weight is 302 g/mol. The van der Waals surface area contributed by atoms with Crippen molar-refractivity contribution in [2.75, 3.05) is 11.9 Å². The number of carbonyl (C=O) groups is 1. The first-order valence-corrected chi connectivity index (χ1v) is 7.29. The third-order valence-electron chi connectivity index (χ3n) is 3.78. The topological polar surface area (TPSA) is 38.3 Å². The summed E-state index contributed by atoms with van der Waals surface area (Å²) in [5.74, 6) is 0.661. The third kappa shape index (κ3) is 2.88. The molecule has 0 aliphatic carbocycles. The zero-order valence-corrected chi connectivity index (χ0v) is 12.5. The van der Waals surface area contributed by atoms with Gasteiger partial charge in [0.1, 0.15) is 12.4 Å². The summed E-state index contributed by atoms with van der Waals surface area (Å²) in [5.41, 5.74) is 2.71. The van der Waals surface area contributed by atoms with Gasteiger partial charge >= 0.3 is 0 Å². The van der Waals surface area contributed by atoms with E-state index in [9.17, 15) is 4.79 Å². The smallest absolute Gasteiger partial charge is 0.231 e. The van der Waals surface area contributed by atoms with Crippen LogP contribution in [0.1, 0.15) is 11.1 Å². The molecule has 4 heteroatoms. The van der Waals surface area contributed by atoms with Gasteiger partial charge in [-0.05, 0) is 42.7 Å². The summed E-state index contributed by atoms with van der Waals surface area (Å²) in [7, 11) is 0. The van der Waals surface area contributed by atoms with E-state index < -0.39 is 0 Å². The van der Waals surface area contributed by atoms with Crippen molar-refractivity contribution in [1.29, 1.82) is 0 Å². The molecule has 0 bridgehead atoms. The maximum atomic E-state index is 12.4. The fourth-order valence-corrected chi connectivity index (χ4v) is 2.65. The van der Waals surface area contributed by atoms with Gasteiger partial charge in [-0.25, -0.2) is 0 Å². The number of carbonyl (C=O) groups excluding carboxylic acids is 1. The van der Waals surface area contributed by atoms with Crippen LogP contribution in [0.5, 0.6) is 5.75 Å². The van der Waals surface area contributed by atoms with E-state index in [0.29, 0.717) is 18.1 Å². The Balaban J connectivity index is 1.74. The molecule has 1 atom stereocenters. The normalized spacial score (nSPS) is 16.8. The summed E-state index contributed by atoms with van der Waals surface area (Å²) in [6.07, 6.45) is 0.696. The predicted molar refractivity (Wildman–Crippen MR) is 83.9 cm³/mol. The Bertz CT molecular complexity index is 684. The second-order valence-corrected chi connectivity index (χ2v) is 5.63. The molecule has 2 aromatic rings. The number of halogens is 1. The number of anilines is 1. The molecule has 0 saturated heterocycles. The van der Waals surface area contributed by atoms with Crippen molar-refractivity contribution >= 4 is 23.2 Å². The van der Waals surface area contributed by atoms with Gasteiger partial charge in [-0.15, -0.1) is 0 Å². The Labute approximate surface area is 128 Å². The second-order valence-electron chi connectivity index (χ2n) is 5.22. The van der Waals surface area contributed by atoms with Crippen LogP contribution in [0.2, 0.25) is 5.02 Å². The van der Waals surface area contributed by atoms with Crippen molar-refractivity contribution in [2.45, 2.75) is 13.3 Å². The first-order valence-electron chi connectivity index (χ1n) is 6.92. The molecule has 108 valence electrons. The lowest BCUT2D eigenvalue weighted by molar-refractivity contribution is -0.121. The molecular weight excluding hydrogens is 286 g/mol. The van der Waals surface area contributed by atoms with Gasteiger partial charge in [0.2, 0.25) is 5.91 Å². The summed E-state index contributed by atoms with van der Waals surface area (Å²) in [4.78, 5) is 12.4. The van der Waals surface area contributed by atoms with Crippen LogP contribution in [-0.2, 0) is 11.2 Å². The molecule has 0 spiro atoms. The molecule has 1 heterocycles. The highest BCUT2D eigenvalue weighted by Gasteiger charge is 2.26. The second kappa shape index (κ2) is 5.78. The lowest BCUT2D eigenvalue weighted by atomic mass is 9.96. The minimum atomic E-state index is -0.182. The standard InChI is InChI=1S/C17H16ClNO2/c1-11-14(18)6-4-7-15(11)19-17(20)13-9-12-5-2-3-8-16(12)21-10-13/h2-8,13H,9-10H2,1H3,(H,19,20)/t13-/m0/s1. The van der Waals surface area contributed by atoms with Crippen molar-refractivity contribution in [3.63, 3.8) is 0 Å². The van der Waals surface area contributed by atoms with E-state index in [4.69, 9.17) is 16.3 Å². The van der Waals surface area contributed by atoms with E-state index in [-0.39, 0.29) is 11.8 Å². The fourth-order valence-electron chi connectivity index (χ4n) is 2.47. The SMILES string of the molecule is Cc1c(Cl)cccc1NC(=O)[C@@H]1COc2ccccc2C1. The van der Waals surface area contributed by atoms with E-state index in [0.717, 1.165) is 22.6 Å². The lowest BCUT2D eigenvalue weighted by Gasteiger charge is -2.24. The molecule has 2 aromatic carbocycles. The van der Waals surface area contributed by atoms with Gasteiger partial charge < -0.3 is 10.1 Å². The van der Waals surface area contributed by atoms with Gasteiger partial charge in [-0.2, -0.15) is 0 Å². The van der Waals surface area contributed by atoms with Crippen LogP contribution in [0.25, 0.3) is 0 Å². The third-order valence-corrected chi connectivity index (χ3v) is 4.18. The molecule has 1 aliphatic rings. The zero-order valence-electron chi connectivity index (χ0n) is 11.7. The van der Waals surface area contributed by atoms with Crippen LogP contribution >= 0.6 is 11.6 Å². The number of para-hydroxylation sites is 1. The predicted octanol–water partition coefficient (Wildman–Crippen LogP) is 3.84. The Morgan fingerprint density at radius 2 is 2.05 bits per heavy atom. The maximum Gasteiger partial charge on any atom is 0.231 e. The van der Waals surface area contributed by atoms with E-state index in [2.05, 4.69) is 5.32 Å². The molecule has 1 aliphatic heterocycles. The number of nitrogens with one attached hydrogen (secondary N) is 1. The van der Waals surface area contributed by atoms with Gasteiger partial charge in [0.25, 0.3) is 0 Å². The first kappa shape index (κ1) is 14.0. The molecule has 3 nitrogen and oxygen atoms in total. The van der Waals surface area contributed by atoms with Crippen LogP contribution in [-0.4, -0.2) is 12.5 Å². The van der Waals surface area contributed by atoms with Crippen molar-refractivity contribution in [3.05, 3.63) is 58.6 Å². The van der Waals surface area contributed by atoms with Crippen molar-refractivity contribution in [2.24, 2.45) is 5.92 Å². The lowest BCUT2D eigenvalue weighted by Crippen LogP contribution is -2.32. The minimum Gasteiger partial charge on any atom is -0.492 e. The van der Waals surface area contributed by atoms with Crippen molar-refractivity contribution < 1.29 is 9.53 Å². The van der Waals surface area contributed by atoms with Crippen LogP contribution in [0.3, 0.4) is 0 Å². The van der Waals surface area contributed by atoms with Crippen molar-refractivity contribution in [1.82, 2.24) is 0 Å². The number of ether oxygens (including phenoxy) is 1. The van der Waals surface area contributed by atoms with Gasteiger partial charge in [-0.1, -0.05) is 35.9 Å². The Hall–Kier alpha value is -2.00. The number of fused-ring (bicyclic) bond motifs is 1. The number of benzene rings is 2. The highest BCUT2D eigenvalue weighted by atomic mass is 35.5. The fraction of sp³-hybridized carbons (Fsp3) is 0.235. The Kier molecular flexibility index (Phi) is 3.84. The number of amides is 1. The van der Waals surface area contributed by atoms with Crippen LogP contribution < -0.4 is 10.1 Å². The molecule has 0 radical (unpaired) electrons. The molecule has 0 aromatic heterocycles. The molecule has 0 unspecified atom stereocenters. The van der Waals surface area contributed by atoms with Gasteiger partial charge in [0.05, 0.1) is 5.92 Å². The molecular formula is C17H16ClNO2. The van der Waals surface area contributed by atoms with E-state index in [1.165, 1.54) is 0 Å². The summed E-state index contributed by atoms with van der Waals surface area (Å²) in [6.45, 7) is 2.30. The zero-order chi connectivity index (χ0) is 14.8. The van der Waals surface area contributed by atoms with Gasteiger partial charge in [0, 0.05) is 10.7 Å². The average Bonchev–Trinajstić information content (AvgIpc) is 2.51. The van der Waals surface area contributed by atoms with Crippen LogP contribution in [0, 0.1) is 12.8 Å². The summed E-state index contributed by atoms with van der Waals surface area (Å²) >= 11 is 6.07. The number of hydrogen-bond acceptors (Lipinski definition) is 2. The molecule has 3 rings (SSSR count). The van der Waals surface area contributed by atoms with Crippen LogP contribution in [0.4, 0.5) is 5.69 Å². The summed E-state index contributed by atoms with van der Waals surface area (Å²) < 4.78 is 5.66. The maximum absolute atomic E-state index is 12.4. The Morgan fingerprint density at radius 1 is 1.24 bits per heavy atom. The molecule has 21 heavy (non-hydrogen) atoms. The summed E-state index contributed by atoms with van der Waals surface area (Å²) in [6, 6.07) is 13.3. The molecule has 1 amide bonds. The quantitative estimate of drug-likeness (QED) is 0.915. The first-order chi connectivity index (χ1) is 10.1.